The van der Waals surface area contributed by atoms with Crippen molar-refractivity contribution >= 4 is 29.3 Å². The molecule has 0 atom stereocenters. The van der Waals surface area contributed by atoms with Crippen molar-refractivity contribution in [3.63, 3.8) is 0 Å². The van der Waals surface area contributed by atoms with Crippen molar-refractivity contribution in [1.29, 1.82) is 0 Å². The molecule has 0 radical (unpaired) electrons. The van der Waals surface area contributed by atoms with Gasteiger partial charge in [0.1, 0.15) is 5.75 Å². The quantitative estimate of drug-likeness (QED) is 0.718. The molecule has 0 unspecified atom stereocenters. The van der Waals surface area contributed by atoms with Crippen LogP contribution < -0.4 is 4.74 Å². The third kappa shape index (κ3) is 4.83. The topological polar surface area (TPSA) is 38.8 Å². The van der Waals surface area contributed by atoms with Crippen molar-refractivity contribution in [1.82, 2.24) is 4.90 Å². The van der Waals surface area contributed by atoms with Gasteiger partial charge in [0.15, 0.2) is 6.79 Å². The van der Waals surface area contributed by atoms with E-state index < -0.39 is 0 Å². The number of thioether (sulfide) groups is 1. The molecule has 1 aromatic rings. The number of benzene rings is 1. The average molecular weight is 384 g/mol. The molecule has 1 fully saturated rings. The minimum atomic E-state index is 0.250. The van der Waals surface area contributed by atoms with Crippen molar-refractivity contribution < 1.29 is 14.3 Å². The number of hydrogen-bond acceptors (Lipinski definition) is 4. The van der Waals surface area contributed by atoms with E-state index in [2.05, 4.69) is 11.8 Å². The van der Waals surface area contributed by atoms with Crippen LogP contribution in [-0.4, -0.2) is 35.9 Å². The van der Waals surface area contributed by atoms with Crippen LogP contribution in [0, 0.1) is 0 Å². The van der Waals surface area contributed by atoms with Crippen LogP contribution in [0.4, 0.5) is 0 Å². The van der Waals surface area contributed by atoms with Gasteiger partial charge in [-0.3, -0.25) is 4.79 Å². The Morgan fingerprint density at radius 1 is 1.32 bits per heavy atom. The van der Waals surface area contributed by atoms with Gasteiger partial charge in [-0.1, -0.05) is 30.9 Å². The molecule has 1 saturated carbocycles. The zero-order valence-corrected chi connectivity index (χ0v) is 16.3. The van der Waals surface area contributed by atoms with E-state index >= 15 is 0 Å². The summed E-state index contributed by atoms with van der Waals surface area (Å²) < 4.78 is 11.0. The Balaban J connectivity index is 1.57. The Kier molecular flexibility index (Phi) is 6.91. The molecule has 0 spiro atoms. The van der Waals surface area contributed by atoms with Gasteiger partial charge in [0.2, 0.25) is 5.91 Å². The molecule has 0 saturated heterocycles. The lowest BCUT2D eigenvalue weighted by Crippen LogP contribution is -2.42. The molecule has 0 aromatic heterocycles. The molecule has 2 aliphatic rings. The molecule has 0 N–H and O–H groups in total. The number of ether oxygens (including phenoxy) is 2. The van der Waals surface area contributed by atoms with Crippen LogP contribution in [0.15, 0.2) is 12.1 Å². The first-order chi connectivity index (χ1) is 12.2. The highest BCUT2D eigenvalue weighted by molar-refractivity contribution is 7.99. The van der Waals surface area contributed by atoms with E-state index in [4.69, 9.17) is 21.1 Å². The van der Waals surface area contributed by atoms with Gasteiger partial charge in [0, 0.05) is 34.5 Å². The number of nitrogens with zero attached hydrogens (tertiary/aromatic N) is 1. The van der Waals surface area contributed by atoms with Gasteiger partial charge in [-0.2, -0.15) is 0 Å². The maximum Gasteiger partial charge on any atom is 0.232 e. The SMILES string of the molecule is CCN(C(=O)CSCc1cc(Cl)cc2c1OCOC2)C1CCCCC1. The van der Waals surface area contributed by atoms with Gasteiger partial charge in [-0.15, -0.1) is 11.8 Å². The van der Waals surface area contributed by atoms with Crippen LogP contribution in [0.1, 0.15) is 50.2 Å². The molecular weight excluding hydrogens is 358 g/mol. The van der Waals surface area contributed by atoms with Crippen molar-refractivity contribution in [2.75, 3.05) is 19.1 Å². The Bertz CT molecular complexity index is 605. The lowest BCUT2D eigenvalue weighted by molar-refractivity contribution is -0.131. The lowest BCUT2D eigenvalue weighted by Gasteiger charge is -2.33. The molecular formula is C19H26ClNO3S. The Morgan fingerprint density at radius 2 is 2.12 bits per heavy atom. The van der Waals surface area contributed by atoms with E-state index in [9.17, 15) is 4.79 Å². The first-order valence-corrected chi connectivity index (χ1v) is 10.6. The molecule has 1 aromatic carbocycles. The Labute approximate surface area is 159 Å². The molecule has 1 heterocycles. The van der Waals surface area contributed by atoms with Gasteiger partial charge in [-0.05, 0) is 31.9 Å². The summed E-state index contributed by atoms with van der Waals surface area (Å²) in [5, 5.41) is 0.687. The summed E-state index contributed by atoms with van der Waals surface area (Å²) >= 11 is 7.84. The Morgan fingerprint density at radius 3 is 2.88 bits per heavy atom. The summed E-state index contributed by atoms with van der Waals surface area (Å²) in [6, 6.07) is 4.25. The second-order valence-corrected chi connectivity index (χ2v) is 8.05. The van der Waals surface area contributed by atoms with E-state index in [1.807, 2.05) is 12.1 Å². The van der Waals surface area contributed by atoms with Crippen molar-refractivity contribution in [2.24, 2.45) is 0 Å². The molecule has 4 nitrogen and oxygen atoms in total. The van der Waals surface area contributed by atoms with E-state index in [0.29, 0.717) is 23.4 Å². The maximum atomic E-state index is 12.6. The standard InChI is InChI=1S/C19H26ClNO3S/c1-2-21(17-6-4-3-5-7-17)18(22)12-25-11-15-9-16(20)8-14-10-23-13-24-19(14)15/h8-9,17H,2-7,10-13H2,1H3. The fourth-order valence-corrected chi connectivity index (χ4v) is 4.87. The zero-order chi connectivity index (χ0) is 17.6. The molecule has 1 aliphatic carbocycles. The minimum Gasteiger partial charge on any atom is -0.467 e. The summed E-state index contributed by atoms with van der Waals surface area (Å²) in [7, 11) is 0. The highest BCUT2D eigenvalue weighted by Gasteiger charge is 2.24. The van der Waals surface area contributed by atoms with Crippen LogP contribution in [0.3, 0.4) is 0 Å². The number of rotatable bonds is 6. The molecule has 1 aliphatic heterocycles. The third-order valence-corrected chi connectivity index (χ3v) is 6.10. The number of halogens is 1. The third-order valence-electron chi connectivity index (χ3n) is 4.91. The molecule has 3 rings (SSSR count). The Hall–Kier alpha value is -0.910. The molecule has 0 bridgehead atoms. The van der Waals surface area contributed by atoms with Crippen LogP contribution in [-0.2, 0) is 21.9 Å². The van der Waals surface area contributed by atoms with Crippen LogP contribution in [0.25, 0.3) is 0 Å². The van der Waals surface area contributed by atoms with Crippen LogP contribution in [0.5, 0.6) is 5.75 Å². The first-order valence-electron chi connectivity index (χ1n) is 9.08. The van der Waals surface area contributed by atoms with Crippen LogP contribution >= 0.6 is 23.4 Å². The minimum absolute atomic E-state index is 0.250. The summed E-state index contributed by atoms with van der Waals surface area (Å²) in [5.74, 6) is 2.34. The fraction of sp³-hybridized carbons (Fsp3) is 0.632. The summed E-state index contributed by atoms with van der Waals surface area (Å²) in [5.41, 5.74) is 2.03. The van der Waals surface area contributed by atoms with Gasteiger partial charge >= 0.3 is 0 Å². The molecule has 25 heavy (non-hydrogen) atoms. The second kappa shape index (κ2) is 9.15. The molecule has 1 amide bonds. The predicted molar refractivity (Wildman–Crippen MR) is 102 cm³/mol. The molecule has 138 valence electrons. The number of carbonyl (C=O) groups excluding carboxylic acids is 1. The summed E-state index contributed by atoms with van der Waals surface area (Å²) in [6.45, 7) is 3.68. The van der Waals surface area contributed by atoms with E-state index in [1.54, 1.807) is 11.8 Å². The van der Waals surface area contributed by atoms with Crippen LogP contribution in [0.2, 0.25) is 5.02 Å². The number of carbonyl (C=O) groups is 1. The lowest BCUT2D eigenvalue weighted by atomic mass is 9.94. The highest BCUT2D eigenvalue weighted by atomic mass is 35.5. The van der Waals surface area contributed by atoms with Crippen molar-refractivity contribution in [3.05, 3.63) is 28.3 Å². The monoisotopic (exact) mass is 383 g/mol. The highest BCUT2D eigenvalue weighted by Crippen LogP contribution is 2.34. The van der Waals surface area contributed by atoms with E-state index in [1.165, 1.54) is 19.3 Å². The largest absolute Gasteiger partial charge is 0.467 e. The van der Waals surface area contributed by atoms with Gasteiger partial charge in [-0.25, -0.2) is 0 Å². The zero-order valence-electron chi connectivity index (χ0n) is 14.8. The van der Waals surface area contributed by atoms with Crippen molar-refractivity contribution in [3.8, 4) is 5.75 Å². The van der Waals surface area contributed by atoms with E-state index in [-0.39, 0.29) is 12.7 Å². The normalized spacial score (nSPS) is 17.7. The summed E-state index contributed by atoms with van der Waals surface area (Å²) in [6.07, 6.45) is 6.10. The van der Waals surface area contributed by atoms with Gasteiger partial charge in [0.25, 0.3) is 0 Å². The van der Waals surface area contributed by atoms with Gasteiger partial charge < -0.3 is 14.4 Å². The predicted octanol–water partition coefficient (Wildman–Crippen LogP) is 4.62. The van der Waals surface area contributed by atoms with Crippen molar-refractivity contribution in [2.45, 2.75) is 57.4 Å². The van der Waals surface area contributed by atoms with E-state index in [0.717, 1.165) is 42.0 Å². The second-order valence-electron chi connectivity index (χ2n) is 6.63. The first kappa shape index (κ1) is 18.9. The maximum absolute atomic E-state index is 12.6. The number of amides is 1. The summed E-state index contributed by atoms with van der Waals surface area (Å²) in [4.78, 5) is 14.7. The number of hydrogen-bond donors (Lipinski definition) is 0. The smallest absolute Gasteiger partial charge is 0.232 e. The average Bonchev–Trinajstić information content (AvgIpc) is 2.63. The fourth-order valence-electron chi connectivity index (χ4n) is 3.73. The number of fused-ring (bicyclic) bond motifs is 1. The van der Waals surface area contributed by atoms with Gasteiger partial charge in [0.05, 0.1) is 12.4 Å². The molecule has 6 heteroatoms.